The van der Waals surface area contributed by atoms with E-state index in [1.807, 2.05) is 0 Å². The van der Waals surface area contributed by atoms with Crippen molar-refractivity contribution in [2.24, 2.45) is 0 Å². The largest absolute Gasteiger partial charge is 0.485 e. The molecule has 0 saturated heterocycles. The number of hydrogen-bond acceptors (Lipinski definition) is 5. The average Bonchev–Trinajstić information content (AvgIpc) is 2.77. The second-order valence-corrected chi connectivity index (χ2v) is 7.06. The Bertz CT molecular complexity index is 1120. The lowest BCUT2D eigenvalue weighted by atomic mass is 10.0. The number of hydrogen-bond donors (Lipinski definition) is 1. The monoisotopic (exact) mass is 421 g/mol. The van der Waals surface area contributed by atoms with E-state index in [9.17, 15) is 14.4 Å². The summed E-state index contributed by atoms with van der Waals surface area (Å²) in [6, 6.07) is 18.0. The summed E-state index contributed by atoms with van der Waals surface area (Å²) in [7, 11) is 0. The molecule has 6 nitrogen and oxygen atoms in total. The van der Waals surface area contributed by atoms with E-state index in [-0.39, 0.29) is 30.7 Å². The number of amides is 1. The minimum absolute atomic E-state index is 0.0417. The highest BCUT2D eigenvalue weighted by Crippen LogP contribution is 2.28. The van der Waals surface area contributed by atoms with Gasteiger partial charge in [-0.3, -0.25) is 14.4 Å². The molecule has 0 spiro atoms. The maximum absolute atomic E-state index is 12.5. The summed E-state index contributed by atoms with van der Waals surface area (Å²) < 4.78 is 10.8. The molecule has 0 unspecified atom stereocenters. The van der Waals surface area contributed by atoms with E-state index in [0.717, 1.165) is 0 Å². The van der Waals surface area contributed by atoms with Crippen LogP contribution in [0.3, 0.4) is 0 Å². The summed E-state index contributed by atoms with van der Waals surface area (Å²) in [6.45, 7) is -0.224. The molecule has 0 saturated carbocycles. The maximum atomic E-state index is 12.5. The van der Waals surface area contributed by atoms with Crippen LogP contribution in [0, 0.1) is 0 Å². The van der Waals surface area contributed by atoms with Crippen molar-refractivity contribution in [3.8, 4) is 11.5 Å². The second kappa shape index (κ2) is 8.39. The molecular formula is C23H16ClNO5. The molecule has 1 aliphatic rings. The fourth-order valence-corrected chi connectivity index (χ4v) is 3.09. The van der Waals surface area contributed by atoms with Gasteiger partial charge in [-0.05, 0) is 66.7 Å². The molecule has 7 heteroatoms. The van der Waals surface area contributed by atoms with Gasteiger partial charge in [0, 0.05) is 21.7 Å². The van der Waals surface area contributed by atoms with Gasteiger partial charge in [0.15, 0.2) is 24.8 Å². The predicted molar refractivity (Wildman–Crippen MR) is 112 cm³/mol. The van der Waals surface area contributed by atoms with Crippen LogP contribution in [0.4, 0.5) is 5.69 Å². The number of anilines is 1. The van der Waals surface area contributed by atoms with Crippen LogP contribution in [-0.4, -0.2) is 30.7 Å². The Balaban J connectivity index is 1.39. The molecule has 1 aliphatic heterocycles. The normalized spacial score (nSPS) is 12.4. The van der Waals surface area contributed by atoms with Gasteiger partial charge in [-0.25, -0.2) is 0 Å². The number of benzene rings is 3. The van der Waals surface area contributed by atoms with E-state index in [2.05, 4.69) is 5.32 Å². The van der Waals surface area contributed by atoms with Gasteiger partial charge in [-0.15, -0.1) is 0 Å². The summed E-state index contributed by atoms with van der Waals surface area (Å²) in [5, 5.41) is 3.23. The van der Waals surface area contributed by atoms with Crippen LogP contribution < -0.4 is 14.8 Å². The van der Waals surface area contributed by atoms with Gasteiger partial charge >= 0.3 is 0 Å². The Kier molecular flexibility index (Phi) is 5.50. The zero-order valence-corrected chi connectivity index (χ0v) is 16.4. The van der Waals surface area contributed by atoms with Gasteiger partial charge in [0.1, 0.15) is 11.5 Å². The molecular weight excluding hydrogens is 406 g/mol. The molecule has 0 atom stereocenters. The number of halogens is 1. The molecule has 3 aromatic carbocycles. The fourth-order valence-electron chi connectivity index (χ4n) is 2.96. The van der Waals surface area contributed by atoms with E-state index in [1.54, 1.807) is 66.7 Å². The highest BCUT2D eigenvalue weighted by molar-refractivity contribution is 6.30. The second-order valence-electron chi connectivity index (χ2n) is 6.62. The predicted octanol–water partition coefficient (Wildman–Crippen LogP) is 4.16. The SMILES string of the molecule is O=C1COc2ccc(C(=O)COc3ccc(C(=O)c4ccc(Cl)cc4)cc3)cc2N1. The van der Waals surface area contributed by atoms with E-state index in [4.69, 9.17) is 21.1 Å². The Morgan fingerprint density at radius 2 is 1.57 bits per heavy atom. The van der Waals surface area contributed by atoms with Crippen molar-refractivity contribution < 1.29 is 23.9 Å². The third-order valence-electron chi connectivity index (χ3n) is 4.53. The highest BCUT2D eigenvalue weighted by Gasteiger charge is 2.18. The molecule has 0 fully saturated rings. The number of fused-ring (bicyclic) bond motifs is 1. The molecule has 150 valence electrons. The topological polar surface area (TPSA) is 81.7 Å². The summed E-state index contributed by atoms with van der Waals surface area (Å²) in [6.07, 6.45) is 0. The third kappa shape index (κ3) is 4.34. The zero-order chi connectivity index (χ0) is 21.1. The molecule has 30 heavy (non-hydrogen) atoms. The van der Waals surface area contributed by atoms with Crippen LogP contribution in [0.2, 0.25) is 5.02 Å². The average molecular weight is 422 g/mol. The van der Waals surface area contributed by atoms with Crippen LogP contribution in [0.1, 0.15) is 26.3 Å². The van der Waals surface area contributed by atoms with Crippen molar-refractivity contribution in [3.63, 3.8) is 0 Å². The minimum atomic E-state index is -0.267. The molecule has 0 bridgehead atoms. The Morgan fingerprint density at radius 3 is 2.27 bits per heavy atom. The summed E-state index contributed by atoms with van der Waals surface area (Å²) in [5.41, 5.74) is 1.89. The molecule has 0 aliphatic carbocycles. The van der Waals surface area contributed by atoms with Gasteiger partial charge in [0.05, 0.1) is 5.69 Å². The van der Waals surface area contributed by atoms with Crippen molar-refractivity contribution in [2.45, 2.75) is 0 Å². The van der Waals surface area contributed by atoms with Crippen LogP contribution in [0.25, 0.3) is 0 Å². The Hall–Kier alpha value is -3.64. The van der Waals surface area contributed by atoms with Crippen LogP contribution in [-0.2, 0) is 4.79 Å². The number of rotatable bonds is 6. The lowest BCUT2D eigenvalue weighted by Crippen LogP contribution is -2.25. The number of ketones is 2. The van der Waals surface area contributed by atoms with Crippen molar-refractivity contribution in [1.29, 1.82) is 0 Å². The van der Waals surface area contributed by atoms with Gasteiger partial charge < -0.3 is 14.8 Å². The van der Waals surface area contributed by atoms with E-state index in [1.165, 1.54) is 0 Å². The van der Waals surface area contributed by atoms with E-state index >= 15 is 0 Å². The van der Waals surface area contributed by atoms with Crippen molar-refractivity contribution >= 4 is 34.8 Å². The van der Waals surface area contributed by atoms with Gasteiger partial charge in [-0.2, -0.15) is 0 Å². The number of nitrogens with one attached hydrogen (secondary N) is 1. The molecule has 1 heterocycles. The lowest BCUT2D eigenvalue weighted by Gasteiger charge is -2.18. The van der Waals surface area contributed by atoms with Crippen molar-refractivity contribution in [3.05, 3.63) is 88.4 Å². The van der Waals surface area contributed by atoms with Crippen LogP contribution in [0.15, 0.2) is 66.7 Å². The smallest absolute Gasteiger partial charge is 0.262 e. The van der Waals surface area contributed by atoms with Gasteiger partial charge in [0.25, 0.3) is 5.91 Å². The molecule has 4 rings (SSSR count). The maximum Gasteiger partial charge on any atom is 0.262 e. The van der Waals surface area contributed by atoms with Gasteiger partial charge in [0.2, 0.25) is 0 Å². The van der Waals surface area contributed by atoms with Crippen LogP contribution >= 0.6 is 11.6 Å². The number of carbonyl (C=O) groups is 3. The van der Waals surface area contributed by atoms with E-state index in [0.29, 0.717) is 38.9 Å². The van der Waals surface area contributed by atoms with Crippen molar-refractivity contribution in [1.82, 2.24) is 0 Å². The standard InChI is InChI=1S/C23H16ClNO5/c24-17-6-1-14(2-7-17)23(28)15-3-8-18(9-4-15)29-12-20(26)16-5-10-21-19(11-16)25-22(27)13-30-21/h1-11H,12-13H2,(H,25,27). The van der Waals surface area contributed by atoms with Crippen LogP contribution in [0.5, 0.6) is 11.5 Å². The fraction of sp³-hybridized carbons (Fsp3) is 0.0870. The Labute approximate surface area is 177 Å². The molecule has 0 aromatic heterocycles. The highest BCUT2D eigenvalue weighted by atomic mass is 35.5. The quantitative estimate of drug-likeness (QED) is 0.604. The Morgan fingerprint density at radius 1 is 0.933 bits per heavy atom. The van der Waals surface area contributed by atoms with Crippen molar-refractivity contribution in [2.75, 3.05) is 18.5 Å². The first-order valence-corrected chi connectivity index (χ1v) is 9.50. The number of carbonyl (C=O) groups excluding carboxylic acids is 3. The zero-order valence-electron chi connectivity index (χ0n) is 15.7. The molecule has 0 radical (unpaired) electrons. The first kappa shape index (κ1) is 19.7. The molecule has 3 aromatic rings. The van der Waals surface area contributed by atoms with E-state index < -0.39 is 0 Å². The van der Waals surface area contributed by atoms with Gasteiger partial charge in [-0.1, -0.05) is 11.6 Å². The summed E-state index contributed by atoms with van der Waals surface area (Å²) in [4.78, 5) is 36.3. The first-order valence-electron chi connectivity index (χ1n) is 9.12. The summed E-state index contributed by atoms with van der Waals surface area (Å²) in [5.74, 6) is 0.335. The molecule has 1 amide bonds. The first-order chi connectivity index (χ1) is 14.5. The third-order valence-corrected chi connectivity index (χ3v) is 4.78. The number of ether oxygens (including phenoxy) is 2. The molecule has 1 N–H and O–H groups in total. The number of Topliss-reactive ketones (excluding diaryl/α,β-unsaturated/α-hetero) is 1. The summed E-state index contributed by atoms with van der Waals surface area (Å²) >= 11 is 5.85. The lowest BCUT2D eigenvalue weighted by molar-refractivity contribution is -0.118. The minimum Gasteiger partial charge on any atom is -0.485 e.